The third kappa shape index (κ3) is 9.33. The summed E-state index contributed by atoms with van der Waals surface area (Å²) >= 11 is 7.03. The SMILES string of the molecule is O=C(CC1CCCCC1)Oc1ccc(/C=C2\SC(=O)NC2=O)c(Cl)c1.O=C(O)CC1CCCCC1. The van der Waals surface area contributed by atoms with E-state index in [4.69, 9.17) is 21.4 Å². The average Bonchev–Trinajstić information content (AvgIpc) is 3.13. The van der Waals surface area contributed by atoms with E-state index in [9.17, 15) is 19.2 Å². The fourth-order valence-electron chi connectivity index (χ4n) is 4.69. The number of halogens is 1. The van der Waals surface area contributed by atoms with E-state index < -0.39 is 17.1 Å². The maximum Gasteiger partial charge on any atom is 0.311 e. The summed E-state index contributed by atoms with van der Waals surface area (Å²) in [5, 5.41) is 10.6. The van der Waals surface area contributed by atoms with Crippen molar-refractivity contribution in [2.45, 2.75) is 77.0 Å². The molecule has 9 heteroatoms. The lowest BCUT2D eigenvalue weighted by atomic mass is 9.87. The first kappa shape index (κ1) is 27.3. The van der Waals surface area contributed by atoms with Crippen molar-refractivity contribution in [3.63, 3.8) is 0 Å². The summed E-state index contributed by atoms with van der Waals surface area (Å²) in [6.07, 6.45) is 14.2. The van der Waals surface area contributed by atoms with Gasteiger partial charge in [-0.1, -0.05) is 50.1 Å². The van der Waals surface area contributed by atoms with Gasteiger partial charge in [-0.05, 0) is 73.1 Å². The number of rotatable bonds is 6. The van der Waals surface area contributed by atoms with E-state index in [1.165, 1.54) is 38.5 Å². The number of nitrogens with one attached hydrogen (secondary N) is 1. The van der Waals surface area contributed by atoms with Gasteiger partial charge in [0.1, 0.15) is 5.75 Å². The molecule has 7 nitrogen and oxygen atoms in total. The smallest absolute Gasteiger partial charge is 0.311 e. The predicted octanol–water partition coefficient (Wildman–Crippen LogP) is 6.58. The molecule has 0 spiro atoms. The van der Waals surface area contributed by atoms with Gasteiger partial charge in [0.2, 0.25) is 0 Å². The van der Waals surface area contributed by atoms with Gasteiger partial charge in [-0.2, -0.15) is 0 Å². The van der Waals surface area contributed by atoms with Gasteiger partial charge in [-0.25, -0.2) is 0 Å². The Balaban J connectivity index is 0.000000287. The molecule has 35 heavy (non-hydrogen) atoms. The molecular weight excluding hydrogens is 490 g/mol. The number of benzene rings is 1. The zero-order chi connectivity index (χ0) is 25.2. The molecule has 1 aromatic carbocycles. The molecular formula is C26H32ClNO6S. The van der Waals surface area contributed by atoms with E-state index in [2.05, 4.69) is 5.32 Å². The van der Waals surface area contributed by atoms with Gasteiger partial charge in [-0.3, -0.25) is 24.5 Å². The van der Waals surface area contributed by atoms with Gasteiger partial charge in [0.15, 0.2) is 0 Å². The van der Waals surface area contributed by atoms with Crippen LogP contribution in [0.25, 0.3) is 6.08 Å². The molecule has 4 rings (SSSR count). The van der Waals surface area contributed by atoms with E-state index in [1.54, 1.807) is 24.3 Å². The number of amides is 2. The third-order valence-electron chi connectivity index (χ3n) is 6.50. The van der Waals surface area contributed by atoms with Crippen LogP contribution >= 0.6 is 23.4 Å². The van der Waals surface area contributed by atoms with Gasteiger partial charge >= 0.3 is 11.9 Å². The standard InChI is InChI=1S/C18H18ClNO4S.C8H14O2/c19-14-10-13(24-16(21)8-11-4-2-1-3-5-11)7-6-12(14)9-15-17(22)20-18(23)25-15;9-8(10)6-7-4-2-1-3-5-7/h6-7,9-11H,1-5,8H2,(H,20,22,23);7H,1-6H2,(H,9,10)/b15-9-;. The van der Waals surface area contributed by atoms with Crippen LogP contribution in [0.4, 0.5) is 4.79 Å². The first-order valence-corrected chi connectivity index (χ1v) is 13.5. The second kappa shape index (κ2) is 13.7. The van der Waals surface area contributed by atoms with Crippen LogP contribution in [-0.2, 0) is 14.4 Å². The number of thioether (sulfide) groups is 1. The topological polar surface area (TPSA) is 110 Å². The summed E-state index contributed by atoms with van der Waals surface area (Å²) < 4.78 is 5.38. The van der Waals surface area contributed by atoms with Crippen molar-refractivity contribution in [3.05, 3.63) is 33.7 Å². The Hall–Kier alpha value is -2.32. The summed E-state index contributed by atoms with van der Waals surface area (Å²) in [4.78, 5) is 45.4. The number of carboxylic acid groups (broad SMARTS) is 1. The van der Waals surface area contributed by atoms with E-state index in [-0.39, 0.29) is 10.9 Å². The highest BCUT2D eigenvalue weighted by Gasteiger charge is 2.25. The van der Waals surface area contributed by atoms with Gasteiger partial charge in [-0.15, -0.1) is 0 Å². The number of carbonyl (C=O) groups excluding carboxylic acids is 3. The van der Waals surface area contributed by atoms with Crippen molar-refractivity contribution in [2.24, 2.45) is 11.8 Å². The van der Waals surface area contributed by atoms with Crippen LogP contribution in [-0.4, -0.2) is 28.2 Å². The highest BCUT2D eigenvalue weighted by atomic mass is 35.5. The number of aliphatic carboxylic acids is 1. The Bertz CT molecular complexity index is 967. The van der Waals surface area contributed by atoms with Crippen LogP contribution in [0, 0.1) is 11.8 Å². The molecule has 0 aromatic heterocycles. The Kier molecular flexibility index (Phi) is 10.7. The molecule has 0 unspecified atom stereocenters. The highest BCUT2D eigenvalue weighted by molar-refractivity contribution is 8.18. The molecule has 0 radical (unpaired) electrons. The largest absolute Gasteiger partial charge is 0.481 e. The normalized spacial score (nSPS) is 20.2. The Morgan fingerprint density at radius 3 is 2.11 bits per heavy atom. The molecule has 2 saturated carbocycles. The minimum atomic E-state index is -0.632. The summed E-state index contributed by atoms with van der Waals surface area (Å²) in [6.45, 7) is 0. The average molecular weight is 522 g/mol. The van der Waals surface area contributed by atoms with Gasteiger partial charge < -0.3 is 9.84 Å². The maximum atomic E-state index is 12.1. The molecule has 2 aliphatic carbocycles. The first-order chi connectivity index (χ1) is 16.8. The lowest BCUT2D eigenvalue weighted by Gasteiger charge is -2.20. The molecule has 3 aliphatic rings. The lowest BCUT2D eigenvalue weighted by Crippen LogP contribution is -2.17. The van der Waals surface area contributed by atoms with E-state index >= 15 is 0 Å². The van der Waals surface area contributed by atoms with Crippen molar-refractivity contribution in [1.82, 2.24) is 5.32 Å². The lowest BCUT2D eigenvalue weighted by molar-refractivity contribution is -0.138. The second-order valence-corrected chi connectivity index (χ2v) is 10.7. The van der Waals surface area contributed by atoms with Gasteiger partial charge in [0.25, 0.3) is 11.1 Å². The molecule has 190 valence electrons. The third-order valence-corrected chi connectivity index (χ3v) is 7.64. The molecule has 1 heterocycles. The summed E-state index contributed by atoms with van der Waals surface area (Å²) in [5.74, 6) is -0.0404. The van der Waals surface area contributed by atoms with Gasteiger partial charge in [0.05, 0.1) is 9.93 Å². The predicted molar refractivity (Wildman–Crippen MR) is 136 cm³/mol. The van der Waals surface area contributed by atoms with Crippen LogP contribution in [0.15, 0.2) is 23.1 Å². The number of carboxylic acids is 1. The Morgan fingerprint density at radius 1 is 1.00 bits per heavy atom. The molecule has 0 bridgehead atoms. The van der Waals surface area contributed by atoms with Crippen molar-refractivity contribution in [2.75, 3.05) is 0 Å². The van der Waals surface area contributed by atoms with E-state index in [1.807, 2.05) is 0 Å². The van der Waals surface area contributed by atoms with Crippen LogP contribution in [0.2, 0.25) is 5.02 Å². The van der Waals surface area contributed by atoms with E-state index in [0.717, 1.165) is 37.4 Å². The van der Waals surface area contributed by atoms with Gasteiger partial charge in [0, 0.05) is 18.9 Å². The van der Waals surface area contributed by atoms with Crippen LogP contribution in [0.5, 0.6) is 5.75 Å². The number of esters is 1. The number of ether oxygens (including phenoxy) is 1. The summed E-state index contributed by atoms with van der Waals surface area (Å²) in [6, 6.07) is 4.84. The first-order valence-electron chi connectivity index (χ1n) is 12.3. The molecule has 1 saturated heterocycles. The number of imide groups is 1. The number of hydrogen-bond acceptors (Lipinski definition) is 6. The fraction of sp³-hybridized carbons (Fsp3) is 0.538. The van der Waals surface area contributed by atoms with Crippen LogP contribution in [0.3, 0.4) is 0 Å². The second-order valence-electron chi connectivity index (χ2n) is 9.32. The Morgan fingerprint density at radius 2 is 1.60 bits per heavy atom. The fourth-order valence-corrected chi connectivity index (χ4v) is 5.59. The van der Waals surface area contributed by atoms with Crippen molar-refractivity contribution in [3.8, 4) is 5.75 Å². The zero-order valence-electron chi connectivity index (χ0n) is 19.7. The monoisotopic (exact) mass is 521 g/mol. The van der Waals surface area contributed by atoms with Crippen LogP contribution < -0.4 is 10.1 Å². The zero-order valence-corrected chi connectivity index (χ0v) is 21.3. The minimum absolute atomic E-state index is 0.245. The minimum Gasteiger partial charge on any atom is -0.481 e. The molecule has 1 aliphatic heterocycles. The molecule has 2 N–H and O–H groups in total. The summed E-state index contributed by atoms with van der Waals surface area (Å²) in [5.41, 5.74) is 0.584. The van der Waals surface area contributed by atoms with Crippen molar-refractivity contribution < 1.29 is 29.0 Å². The Labute approximate surface area is 215 Å². The number of hydrogen-bond donors (Lipinski definition) is 2. The van der Waals surface area contributed by atoms with Crippen molar-refractivity contribution in [1.29, 1.82) is 0 Å². The molecule has 0 atom stereocenters. The summed E-state index contributed by atoms with van der Waals surface area (Å²) in [7, 11) is 0. The van der Waals surface area contributed by atoms with Crippen molar-refractivity contribution >= 4 is 52.5 Å². The molecule has 2 amide bonds. The van der Waals surface area contributed by atoms with E-state index in [0.29, 0.717) is 41.0 Å². The molecule has 1 aromatic rings. The quantitative estimate of drug-likeness (QED) is 0.247. The van der Waals surface area contributed by atoms with Crippen LogP contribution in [0.1, 0.15) is 82.6 Å². The highest BCUT2D eigenvalue weighted by Crippen LogP contribution is 2.31. The molecule has 3 fully saturated rings. The number of carbonyl (C=O) groups is 4. The maximum absolute atomic E-state index is 12.1.